The number of nitrogens with zero attached hydrogens (tertiary/aromatic N) is 8. The van der Waals surface area contributed by atoms with E-state index in [-0.39, 0.29) is 23.5 Å². The van der Waals surface area contributed by atoms with Crippen LogP contribution in [0.25, 0.3) is 34.4 Å². The Balaban J connectivity index is 0.000000216. The minimum Gasteiger partial charge on any atom is -0.494 e. The van der Waals surface area contributed by atoms with Crippen LogP contribution in [0.2, 0.25) is 0 Å². The van der Waals surface area contributed by atoms with E-state index in [4.69, 9.17) is 28.4 Å². The number of hydrogen-bond donors (Lipinski definition) is 2. The summed E-state index contributed by atoms with van der Waals surface area (Å²) < 4.78 is 90.5. The van der Waals surface area contributed by atoms with E-state index in [9.17, 15) is 27.0 Å². The number of aliphatic hydroxyl groups is 2. The fourth-order valence-corrected chi connectivity index (χ4v) is 12.7. The second-order valence-corrected chi connectivity index (χ2v) is 23.2. The van der Waals surface area contributed by atoms with E-state index in [1.807, 2.05) is 0 Å². The third-order valence-electron chi connectivity index (χ3n) is 14.1. The number of hydrogen-bond acceptors (Lipinski definition) is 18. The first kappa shape index (κ1) is 55.4. The SMILES string of the molecule is COc1cccc(-c2nnc(CS(=O)(=O)[C@@H](C)[C@H](O)C3CCCCC3)n2-c2c(OC)cccc2OC)n1.COc1cccc(-c2nnc(CS(=O)(=O)[C@H](C)[C@@H](O)C3CCCCC3)n2-c2c(OC)cccc2OC)n1. The molecule has 20 nitrogen and oxygen atoms in total. The lowest BCUT2D eigenvalue weighted by Gasteiger charge is -2.30. The van der Waals surface area contributed by atoms with Crippen molar-refractivity contribution in [3.63, 3.8) is 0 Å². The molecular formula is C52H68N8O12S2. The lowest BCUT2D eigenvalue weighted by molar-refractivity contribution is 0.0837. The van der Waals surface area contributed by atoms with Crippen LogP contribution in [0, 0.1) is 11.8 Å². The van der Waals surface area contributed by atoms with Crippen LogP contribution in [0.15, 0.2) is 72.8 Å². The first-order valence-corrected chi connectivity index (χ1v) is 28.2. The molecular weight excluding hydrogens is 993 g/mol. The Labute approximate surface area is 433 Å². The summed E-state index contributed by atoms with van der Waals surface area (Å²) in [6.45, 7) is 3.15. The predicted molar refractivity (Wildman–Crippen MR) is 278 cm³/mol. The Morgan fingerprint density at radius 1 is 0.486 bits per heavy atom. The maximum Gasteiger partial charge on any atom is 0.213 e. The van der Waals surface area contributed by atoms with Crippen molar-refractivity contribution in [1.29, 1.82) is 0 Å². The summed E-state index contributed by atoms with van der Waals surface area (Å²) in [7, 11) is 1.47. The highest BCUT2D eigenvalue weighted by molar-refractivity contribution is 7.91. The van der Waals surface area contributed by atoms with Crippen LogP contribution in [-0.2, 0) is 31.2 Å². The summed E-state index contributed by atoms with van der Waals surface area (Å²) in [5.41, 5.74) is 1.75. The Hall–Kier alpha value is -6.36. The van der Waals surface area contributed by atoms with Crippen LogP contribution in [-0.4, -0.2) is 132 Å². The van der Waals surface area contributed by atoms with Gasteiger partial charge in [0.25, 0.3) is 0 Å². The van der Waals surface area contributed by atoms with Gasteiger partial charge in [0.15, 0.2) is 43.0 Å². The molecule has 0 bridgehead atoms. The molecule has 6 aromatic rings. The summed E-state index contributed by atoms with van der Waals surface area (Å²) in [5, 5.41) is 37.2. The number of benzene rings is 2. The molecule has 74 heavy (non-hydrogen) atoms. The highest BCUT2D eigenvalue weighted by atomic mass is 32.2. The monoisotopic (exact) mass is 1060 g/mol. The zero-order chi connectivity index (χ0) is 53.2. The summed E-state index contributed by atoms with van der Waals surface area (Å²) in [4.78, 5) is 8.95. The molecule has 4 atom stereocenters. The van der Waals surface area contributed by atoms with E-state index in [1.54, 1.807) is 95.8 Å². The first-order chi connectivity index (χ1) is 35.6. The van der Waals surface area contributed by atoms with Crippen LogP contribution in [0.5, 0.6) is 34.8 Å². The molecule has 0 aliphatic heterocycles. The van der Waals surface area contributed by atoms with Crippen LogP contribution < -0.4 is 28.4 Å². The average Bonchev–Trinajstić information content (AvgIpc) is 4.05. The van der Waals surface area contributed by atoms with Crippen LogP contribution in [0.1, 0.15) is 89.7 Å². The first-order valence-electron chi connectivity index (χ1n) is 24.7. The van der Waals surface area contributed by atoms with E-state index in [2.05, 4.69) is 30.4 Å². The average molecular weight is 1060 g/mol. The normalized spacial score (nSPS) is 16.2. The van der Waals surface area contributed by atoms with Crippen molar-refractivity contribution in [2.24, 2.45) is 11.8 Å². The molecule has 0 amide bonds. The van der Waals surface area contributed by atoms with Crippen molar-refractivity contribution in [3.8, 4) is 69.2 Å². The van der Waals surface area contributed by atoms with Gasteiger partial charge >= 0.3 is 0 Å². The third-order valence-corrected chi connectivity index (χ3v) is 18.2. The Morgan fingerprint density at radius 3 is 1.12 bits per heavy atom. The van der Waals surface area contributed by atoms with Crippen LogP contribution >= 0.6 is 0 Å². The van der Waals surface area contributed by atoms with Gasteiger partial charge in [0.2, 0.25) is 11.8 Å². The van der Waals surface area contributed by atoms with Crippen LogP contribution in [0.4, 0.5) is 0 Å². The lowest BCUT2D eigenvalue weighted by Crippen LogP contribution is -2.39. The Kier molecular flexibility index (Phi) is 18.5. The Morgan fingerprint density at radius 2 is 0.811 bits per heavy atom. The highest BCUT2D eigenvalue weighted by Gasteiger charge is 2.38. The Bertz CT molecular complexity index is 2800. The van der Waals surface area contributed by atoms with Gasteiger partial charge in [-0.05, 0) is 87.8 Å². The molecule has 4 heterocycles. The predicted octanol–water partition coefficient (Wildman–Crippen LogP) is 7.20. The van der Waals surface area contributed by atoms with E-state index < -0.39 is 53.9 Å². The summed E-state index contributed by atoms with van der Waals surface area (Å²) in [6.07, 6.45) is 7.72. The number of sulfone groups is 2. The van der Waals surface area contributed by atoms with Crippen LogP contribution in [0.3, 0.4) is 0 Å². The van der Waals surface area contributed by atoms with E-state index >= 15 is 0 Å². The van der Waals surface area contributed by atoms with Crippen molar-refractivity contribution in [2.45, 2.75) is 112 Å². The second kappa shape index (κ2) is 24.8. The van der Waals surface area contributed by atoms with Gasteiger partial charge in [0.05, 0.1) is 65.4 Å². The molecule has 2 fully saturated rings. The van der Waals surface area contributed by atoms with Crippen molar-refractivity contribution in [1.82, 2.24) is 39.5 Å². The minimum atomic E-state index is -3.81. The molecule has 2 saturated carbocycles. The van der Waals surface area contributed by atoms with Gasteiger partial charge in [-0.15, -0.1) is 20.4 Å². The van der Waals surface area contributed by atoms with Crippen molar-refractivity contribution < 1.29 is 55.5 Å². The van der Waals surface area contributed by atoms with Gasteiger partial charge in [0, 0.05) is 12.1 Å². The minimum absolute atomic E-state index is 0.0257. The molecule has 2 N–H and O–H groups in total. The van der Waals surface area contributed by atoms with Crippen molar-refractivity contribution in [3.05, 3.63) is 84.4 Å². The third kappa shape index (κ3) is 12.2. The maximum atomic E-state index is 13.6. The molecule has 0 spiro atoms. The van der Waals surface area contributed by atoms with Gasteiger partial charge in [-0.3, -0.25) is 9.13 Å². The second-order valence-electron chi connectivity index (χ2n) is 18.5. The zero-order valence-corrected chi connectivity index (χ0v) is 44.9. The molecule has 2 aliphatic rings. The molecule has 2 aliphatic carbocycles. The lowest BCUT2D eigenvalue weighted by atomic mass is 9.84. The van der Waals surface area contributed by atoms with E-state index in [0.717, 1.165) is 64.2 Å². The number of pyridine rings is 2. The molecule has 22 heteroatoms. The zero-order valence-electron chi connectivity index (χ0n) is 43.2. The summed E-state index contributed by atoms with van der Waals surface area (Å²) in [6, 6.07) is 20.9. The van der Waals surface area contributed by atoms with Crippen molar-refractivity contribution >= 4 is 19.7 Å². The fourth-order valence-electron chi connectivity index (χ4n) is 9.80. The maximum absolute atomic E-state index is 13.6. The van der Waals surface area contributed by atoms with E-state index in [0.29, 0.717) is 69.2 Å². The molecule has 8 rings (SSSR count). The largest absolute Gasteiger partial charge is 0.494 e. The van der Waals surface area contributed by atoms with Gasteiger partial charge in [-0.1, -0.05) is 62.8 Å². The van der Waals surface area contributed by atoms with E-state index in [1.165, 1.54) is 42.7 Å². The topological polar surface area (TPSA) is 251 Å². The molecule has 0 radical (unpaired) electrons. The molecule has 0 saturated heterocycles. The fraction of sp³-hybridized carbons (Fsp3) is 0.500. The highest BCUT2D eigenvalue weighted by Crippen LogP contribution is 2.40. The number of methoxy groups -OCH3 is 6. The standard InChI is InChI=1S/2C26H34N4O6S/c2*1-17(25(31)18-10-6-5-7-11-18)37(32,33)16-22-28-29-26(19-12-8-15-23(27-19)36-4)30(22)24-20(34-2)13-9-14-21(24)35-3/h2*8-9,12-15,17-18,25,31H,5-7,10-11,16H2,1-4H3/t2*17-,25-/m10/s1. The smallest absolute Gasteiger partial charge is 0.213 e. The van der Waals surface area contributed by atoms with Crippen molar-refractivity contribution in [2.75, 3.05) is 42.7 Å². The summed E-state index contributed by atoms with van der Waals surface area (Å²) >= 11 is 0. The van der Waals surface area contributed by atoms with Gasteiger partial charge in [-0.25, -0.2) is 26.8 Å². The molecule has 2 aromatic carbocycles. The van der Waals surface area contributed by atoms with Gasteiger partial charge in [0.1, 0.15) is 57.3 Å². The number of aromatic nitrogens is 8. The number of para-hydroxylation sites is 2. The van der Waals surface area contributed by atoms with Gasteiger partial charge in [-0.2, -0.15) is 0 Å². The molecule has 0 unspecified atom stereocenters. The number of ether oxygens (including phenoxy) is 6. The number of aliphatic hydroxyl groups excluding tert-OH is 2. The molecule has 400 valence electrons. The summed E-state index contributed by atoms with van der Waals surface area (Å²) in [5.74, 6) is 2.50. The molecule has 4 aromatic heterocycles. The quantitative estimate of drug-likeness (QED) is 0.0767. The number of rotatable bonds is 20. The van der Waals surface area contributed by atoms with Gasteiger partial charge < -0.3 is 38.6 Å².